The van der Waals surface area contributed by atoms with Crippen LogP contribution in [0.5, 0.6) is 5.75 Å². The van der Waals surface area contributed by atoms with Gasteiger partial charge in [-0.25, -0.2) is 4.39 Å². The van der Waals surface area contributed by atoms with Crippen LogP contribution in [0.25, 0.3) is 0 Å². The van der Waals surface area contributed by atoms with Gasteiger partial charge in [0.2, 0.25) is 0 Å². The SMILES string of the molecule is Cc1ccccc1OCCCC(CN)c1ccc(F)cc1. The van der Waals surface area contributed by atoms with Crippen molar-refractivity contribution in [2.24, 2.45) is 5.73 Å². The van der Waals surface area contributed by atoms with E-state index in [-0.39, 0.29) is 11.7 Å². The fourth-order valence-corrected chi connectivity index (χ4v) is 2.39. The molecule has 0 saturated carbocycles. The Bertz CT molecular complexity index is 553. The summed E-state index contributed by atoms with van der Waals surface area (Å²) in [4.78, 5) is 0. The molecule has 2 aromatic rings. The van der Waals surface area contributed by atoms with Crippen molar-refractivity contribution in [3.8, 4) is 5.75 Å². The molecule has 0 aliphatic rings. The van der Waals surface area contributed by atoms with Gasteiger partial charge in [-0.1, -0.05) is 30.3 Å². The summed E-state index contributed by atoms with van der Waals surface area (Å²) in [6.07, 6.45) is 1.86. The molecule has 0 heterocycles. The summed E-state index contributed by atoms with van der Waals surface area (Å²) in [5.41, 5.74) is 8.06. The van der Waals surface area contributed by atoms with Crippen molar-refractivity contribution in [3.05, 3.63) is 65.5 Å². The van der Waals surface area contributed by atoms with Crippen LogP contribution in [0.1, 0.15) is 29.9 Å². The zero-order valence-electron chi connectivity index (χ0n) is 12.4. The lowest BCUT2D eigenvalue weighted by atomic mass is 9.94. The second-order valence-corrected chi connectivity index (χ2v) is 5.24. The van der Waals surface area contributed by atoms with Crippen LogP contribution in [-0.4, -0.2) is 13.2 Å². The molecule has 2 rings (SSSR count). The lowest BCUT2D eigenvalue weighted by molar-refractivity contribution is 0.300. The quantitative estimate of drug-likeness (QED) is 0.780. The molecule has 0 aliphatic heterocycles. The normalized spacial score (nSPS) is 12.1. The zero-order chi connectivity index (χ0) is 15.1. The molecule has 0 saturated heterocycles. The summed E-state index contributed by atoms with van der Waals surface area (Å²) in [6.45, 7) is 3.27. The molecule has 2 N–H and O–H groups in total. The van der Waals surface area contributed by atoms with Crippen LogP contribution >= 0.6 is 0 Å². The molecule has 0 fully saturated rings. The fourth-order valence-electron chi connectivity index (χ4n) is 2.39. The van der Waals surface area contributed by atoms with E-state index in [0.29, 0.717) is 13.2 Å². The molecular weight excluding hydrogens is 265 g/mol. The minimum atomic E-state index is -0.211. The van der Waals surface area contributed by atoms with E-state index in [1.54, 1.807) is 0 Å². The summed E-state index contributed by atoms with van der Waals surface area (Å²) in [5, 5.41) is 0. The zero-order valence-corrected chi connectivity index (χ0v) is 12.4. The second-order valence-electron chi connectivity index (χ2n) is 5.24. The Kier molecular flexibility index (Phi) is 5.76. The highest BCUT2D eigenvalue weighted by atomic mass is 19.1. The Morgan fingerprint density at radius 1 is 1.10 bits per heavy atom. The van der Waals surface area contributed by atoms with Crippen molar-refractivity contribution in [3.63, 3.8) is 0 Å². The lowest BCUT2D eigenvalue weighted by Crippen LogP contribution is -2.13. The first-order valence-electron chi connectivity index (χ1n) is 7.34. The molecule has 0 amide bonds. The van der Waals surface area contributed by atoms with E-state index in [4.69, 9.17) is 10.5 Å². The van der Waals surface area contributed by atoms with Crippen LogP contribution in [0.3, 0.4) is 0 Å². The van der Waals surface area contributed by atoms with Crippen LogP contribution in [0.2, 0.25) is 0 Å². The highest BCUT2D eigenvalue weighted by molar-refractivity contribution is 5.31. The van der Waals surface area contributed by atoms with Crippen molar-refractivity contribution in [2.75, 3.05) is 13.2 Å². The van der Waals surface area contributed by atoms with Gasteiger partial charge in [-0.05, 0) is 61.6 Å². The fraction of sp³-hybridized carbons (Fsp3) is 0.333. The summed E-state index contributed by atoms with van der Waals surface area (Å²) >= 11 is 0. The standard InChI is InChI=1S/C18H22FNO/c1-14-5-2-3-7-18(14)21-12-4-6-16(13-20)15-8-10-17(19)11-9-15/h2-3,5,7-11,16H,4,6,12-13,20H2,1H3. The number of nitrogens with two attached hydrogens (primary N) is 1. The van der Waals surface area contributed by atoms with Gasteiger partial charge in [0.05, 0.1) is 6.61 Å². The van der Waals surface area contributed by atoms with Crippen molar-refractivity contribution < 1.29 is 9.13 Å². The van der Waals surface area contributed by atoms with Crippen LogP contribution in [0.15, 0.2) is 48.5 Å². The first-order chi connectivity index (χ1) is 10.2. The average Bonchev–Trinajstić information content (AvgIpc) is 2.50. The third-order valence-corrected chi connectivity index (χ3v) is 3.67. The van der Waals surface area contributed by atoms with Gasteiger partial charge in [0.15, 0.2) is 0 Å². The molecule has 0 aromatic heterocycles. The summed E-state index contributed by atoms with van der Waals surface area (Å²) in [6, 6.07) is 14.6. The second kappa shape index (κ2) is 7.79. The number of rotatable bonds is 7. The van der Waals surface area contributed by atoms with E-state index >= 15 is 0 Å². The van der Waals surface area contributed by atoms with Crippen molar-refractivity contribution in [1.82, 2.24) is 0 Å². The van der Waals surface area contributed by atoms with Crippen LogP contribution in [0, 0.1) is 12.7 Å². The van der Waals surface area contributed by atoms with Gasteiger partial charge in [0.25, 0.3) is 0 Å². The molecule has 0 radical (unpaired) electrons. The van der Waals surface area contributed by atoms with Gasteiger partial charge in [0, 0.05) is 0 Å². The van der Waals surface area contributed by atoms with Gasteiger partial charge in [0.1, 0.15) is 11.6 Å². The third-order valence-electron chi connectivity index (χ3n) is 3.67. The Morgan fingerprint density at radius 3 is 2.48 bits per heavy atom. The Hall–Kier alpha value is -1.87. The van der Waals surface area contributed by atoms with Gasteiger partial charge in [-0.15, -0.1) is 0 Å². The van der Waals surface area contributed by atoms with Crippen LogP contribution in [-0.2, 0) is 0 Å². The van der Waals surface area contributed by atoms with E-state index < -0.39 is 0 Å². The van der Waals surface area contributed by atoms with E-state index in [2.05, 4.69) is 0 Å². The van der Waals surface area contributed by atoms with Gasteiger partial charge in [-0.3, -0.25) is 0 Å². The van der Waals surface area contributed by atoms with E-state index in [1.165, 1.54) is 12.1 Å². The highest BCUT2D eigenvalue weighted by Crippen LogP contribution is 2.21. The minimum Gasteiger partial charge on any atom is -0.493 e. The average molecular weight is 287 g/mol. The number of benzene rings is 2. The van der Waals surface area contributed by atoms with Gasteiger partial charge in [-0.2, -0.15) is 0 Å². The molecule has 21 heavy (non-hydrogen) atoms. The number of hydrogen-bond acceptors (Lipinski definition) is 2. The molecule has 1 unspecified atom stereocenters. The van der Waals surface area contributed by atoms with E-state index in [0.717, 1.165) is 29.7 Å². The van der Waals surface area contributed by atoms with Crippen molar-refractivity contribution in [2.45, 2.75) is 25.7 Å². The molecule has 1 atom stereocenters. The number of hydrogen-bond donors (Lipinski definition) is 1. The first kappa shape index (κ1) is 15.5. The summed E-state index contributed by atoms with van der Waals surface area (Å²) < 4.78 is 18.7. The van der Waals surface area contributed by atoms with Crippen molar-refractivity contribution in [1.29, 1.82) is 0 Å². The predicted octanol–water partition coefficient (Wildman–Crippen LogP) is 4.04. The summed E-state index contributed by atoms with van der Waals surface area (Å²) in [7, 11) is 0. The van der Waals surface area contributed by atoms with E-state index in [1.807, 2.05) is 43.3 Å². The first-order valence-corrected chi connectivity index (χ1v) is 7.34. The number of aryl methyl sites for hydroxylation is 1. The summed E-state index contributed by atoms with van der Waals surface area (Å²) in [5.74, 6) is 0.979. The Balaban J connectivity index is 1.81. The molecule has 0 aliphatic carbocycles. The monoisotopic (exact) mass is 287 g/mol. The predicted molar refractivity (Wildman–Crippen MR) is 84.1 cm³/mol. The smallest absolute Gasteiger partial charge is 0.123 e. The number of para-hydroxylation sites is 1. The van der Waals surface area contributed by atoms with Crippen LogP contribution in [0.4, 0.5) is 4.39 Å². The molecule has 3 heteroatoms. The topological polar surface area (TPSA) is 35.2 Å². The lowest BCUT2D eigenvalue weighted by Gasteiger charge is -2.16. The van der Waals surface area contributed by atoms with Gasteiger partial charge < -0.3 is 10.5 Å². The minimum absolute atomic E-state index is 0.211. The number of ether oxygens (including phenoxy) is 1. The maximum atomic E-state index is 12.9. The van der Waals surface area contributed by atoms with Gasteiger partial charge >= 0.3 is 0 Å². The highest BCUT2D eigenvalue weighted by Gasteiger charge is 2.09. The molecule has 112 valence electrons. The van der Waals surface area contributed by atoms with Crippen molar-refractivity contribution >= 4 is 0 Å². The molecule has 2 aromatic carbocycles. The largest absolute Gasteiger partial charge is 0.493 e. The molecule has 0 spiro atoms. The Labute approximate surface area is 125 Å². The molecule has 2 nitrogen and oxygen atoms in total. The molecule has 0 bridgehead atoms. The van der Waals surface area contributed by atoms with E-state index in [9.17, 15) is 4.39 Å². The molecular formula is C18H22FNO. The maximum absolute atomic E-state index is 12.9. The number of halogens is 1. The third kappa shape index (κ3) is 4.57. The van der Waals surface area contributed by atoms with Crippen LogP contribution < -0.4 is 10.5 Å². The maximum Gasteiger partial charge on any atom is 0.123 e. The Morgan fingerprint density at radius 2 is 1.81 bits per heavy atom.